The number of rotatable bonds is 9. The van der Waals surface area contributed by atoms with Crippen LogP contribution in [0.5, 0.6) is 5.75 Å². The van der Waals surface area contributed by atoms with E-state index in [9.17, 15) is 13.2 Å². The van der Waals surface area contributed by atoms with Crippen molar-refractivity contribution in [2.75, 3.05) is 18.5 Å². The summed E-state index contributed by atoms with van der Waals surface area (Å²) in [6.07, 6.45) is 0. The van der Waals surface area contributed by atoms with Crippen LogP contribution in [0.1, 0.15) is 23.6 Å². The molecule has 32 heavy (non-hydrogen) atoms. The fourth-order valence-corrected chi connectivity index (χ4v) is 4.65. The molecule has 3 rings (SSSR count). The number of hydrogen-bond donors (Lipinski definition) is 1. The van der Waals surface area contributed by atoms with Gasteiger partial charge in [0.2, 0.25) is 15.9 Å². The molecule has 0 aromatic heterocycles. The van der Waals surface area contributed by atoms with E-state index in [-0.39, 0.29) is 18.0 Å². The van der Waals surface area contributed by atoms with Gasteiger partial charge in [-0.1, -0.05) is 47.5 Å². The smallest absolute Gasteiger partial charge is 0.243 e. The first-order valence-corrected chi connectivity index (χ1v) is 11.9. The molecule has 3 aromatic rings. The largest absolute Gasteiger partial charge is 0.494 e. The molecule has 0 atom stereocenters. The molecule has 0 radical (unpaired) electrons. The number of amides is 1. The molecule has 0 saturated carbocycles. The molecule has 0 unspecified atom stereocenters. The van der Waals surface area contributed by atoms with Gasteiger partial charge in [-0.15, -0.1) is 0 Å². The molecule has 0 aliphatic heterocycles. The van der Waals surface area contributed by atoms with Crippen molar-refractivity contribution in [2.24, 2.45) is 0 Å². The molecule has 0 aliphatic rings. The highest BCUT2D eigenvalue weighted by molar-refractivity contribution is 7.89. The summed E-state index contributed by atoms with van der Waals surface area (Å²) in [5.41, 5.74) is 3.37. The first-order chi connectivity index (χ1) is 15.3. The van der Waals surface area contributed by atoms with Crippen molar-refractivity contribution >= 4 is 21.6 Å². The van der Waals surface area contributed by atoms with Crippen LogP contribution in [0.3, 0.4) is 0 Å². The minimum Gasteiger partial charge on any atom is -0.494 e. The summed E-state index contributed by atoms with van der Waals surface area (Å²) in [7, 11) is -3.88. The van der Waals surface area contributed by atoms with E-state index in [2.05, 4.69) is 5.32 Å². The molecular formula is C25H28N2O4S. The normalized spacial score (nSPS) is 11.4. The van der Waals surface area contributed by atoms with Crippen LogP contribution in [0, 0.1) is 13.8 Å². The molecule has 3 aromatic carbocycles. The number of benzene rings is 3. The Morgan fingerprint density at radius 3 is 2.25 bits per heavy atom. The summed E-state index contributed by atoms with van der Waals surface area (Å²) < 4.78 is 33.3. The van der Waals surface area contributed by atoms with Crippen LogP contribution in [0.25, 0.3) is 0 Å². The fourth-order valence-electron chi connectivity index (χ4n) is 3.26. The predicted octanol–water partition coefficient (Wildman–Crippen LogP) is 4.53. The number of carbonyl (C=O) groups excluding carboxylic acids is 1. The number of ether oxygens (including phenoxy) is 1. The van der Waals surface area contributed by atoms with E-state index in [4.69, 9.17) is 4.74 Å². The third kappa shape index (κ3) is 6.18. The number of sulfonamides is 1. The van der Waals surface area contributed by atoms with Crippen molar-refractivity contribution in [3.63, 3.8) is 0 Å². The van der Waals surface area contributed by atoms with Crippen molar-refractivity contribution in [1.82, 2.24) is 4.31 Å². The average Bonchev–Trinajstić information content (AvgIpc) is 2.75. The minimum absolute atomic E-state index is 0.0919. The monoisotopic (exact) mass is 452 g/mol. The van der Waals surface area contributed by atoms with Gasteiger partial charge in [-0.2, -0.15) is 4.31 Å². The molecule has 7 heteroatoms. The number of aryl methyl sites for hydroxylation is 2. The number of nitrogens with one attached hydrogen (secondary N) is 1. The molecule has 6 nitrogen and oxygen atoms in total. The molecule has 1 N–H and O–H groups in total. The second-order valence-corrected chi connectivity index (χ2v) is 9.52. The highest BCUT2D eigenvalue weighted by atomic mass is 32.2. The van der Waals surface area contributed by atoms with Gasteiger partial charge < -0.3 is 10.1 Å². The van der Waals surface area contributed by atoms with Crippen molar-refractivity contribution in [3.8, 4) is 5.75 Å². The first kappa shape index (κ1) is 23.5. The highest BCUT2D eigenvalue weighted by Gasteiger charge is 2.27. The van der Waals surface area contributed by atoms with Gasteiger partial charge in [-0.05, 0) is 62.7 Å². The molecule has 0 heterocycles. The zero-order chi connectivity index (χ0) is 23.1. The maximum atomic E-state index is 13.4. The van der Waals surface area contributed by atoms with Crippen LogP contribution in [-0.2, 0) is 21.4 Å². The van der Waals surface area contributed by atoms with Gasteiger partial charge in [0.05, 0.1) is 18.0 Å². The van der Waals surface area contributed by atoms with E-state index in [1.54, 1.807) is 48.5 Å². The Hall–Kier alpha value is -3.16. The lowest BCUT2D eigenvalue weighted by Crippen LogP contribution is -2.37. The number of carbonyl (C=O) groups is 1. The van der Waals surface area contributed by atoms with Gasteiger partial charge in [-0.3, -0.25) is 4.79 Å². The Morgan fingerprint density at radius 2 is 1.62 bits per heavy atom. The molecule has 168 valence electrons. The Balaban J connectivity index is 1.82. The minimum atomic E-state index is -3.88. The lowest BCUT2D eigenvalue weighted by Gasteiger charge is -2.22. The fraction of sp³-hybridized carbons (Fsp3) is 0.240. The molecule has 0 saturated heterocycles. The zero-order valence-corrected chi connectivity index (χ0v) is 19.4. The number of nitrogens with zero attached hydrogens (tertiary/aromatic N) is 1. The standard InChI is InChI=1S/C25H28N2O4S/c1-4-31-23-12-10-22(11-13-23)26-25(28)18-27(17-21-7-5-6-20(3)16-21)32(29,30)24-14-8-19(2)9-15-24/h5-16H,4,17-18H2,1-3H3,(H,26,28). The van der Waals surface area contributed by atoms with Gasteiger partial charge in [0.1, 0.15) is 5.75 Å². The average molecular weight is 453 g/mol. The topological polar surface area (TPSA) is 75.7 Å². The number of anilines is 1. The zero-order valence-electron chi connectivity index (χ0n) is 18.5. The van der Waals surface area contributed by atoms with E-state index in [0.29, 0.717) is 18.0 Å². The second-order valence-electron chi connectivity index (χ2n) is 7.58. The van der Waals surface area contributed by atoms with Gasteiger partial charge in [0, 0.05) is 12.2 Å². The van der Waals surface area contributed by atoms with Crippen LogP contribution >= 0.6 is 0 Å². The molecule has 0 fully saturated rings. The van der Waals surface area contributed by atoms with Crippen LogP contribution < -0.4 is 10.1 Å². The van der Waals surface area contributed by atoms with Gasteiger partial charge in [0.25, 0.3) is 0 Å². The maximum absolute atomic E-state index is 13.4. The van der Waals surface area contributed by atoms with E-state index in [0.717, 1.165) is 16.7 Å². The molecule has 0 spiro atoms. The quantitative estimate of drug-likeness (QED) is 0.518. The predicted molar refractivity (Wildman–Crippen MR) is 126 cm³/mol. The molecule has 0 bridgehead atoms. The lowest BCUT2D eigenvalue weighted by atomic mass is 10.1. The van der Waals surface area contributed by atoms with Crippen LogP contribution in [0.15, 0.2) is 77.7 Å². The molecule has 0 aliphatic carbocycles. The van der Waals surface area contributed by atoms with Crippen molar-refractivity contribution < 1.29 is 17.9 Å². The maximum Gasteiger partial charge on any atom is 0.243 e. The van der Waals surface area contributed by atoms with E-state index < -0.39 is 15.9 Å². The third-order valence-electron chi connectivity index (χ3n) is 4.87. The summed E-state index contributed by atoms with van der Waals surface area (Å²) in [6.45, 7) is 6.07. The van der Waals surface area contributed by atoms with Crippen molar-refractivity contribution in [3.05, 3.63) is 89.5 Å². The third-order valence-corrected chi connectivity index (χ3v) is 6.68. The SMILES string of the molecule is CCOc1ccc(NC(=O)CN(Cc2cccc(C)c2)S(=O)(=O)c2ccc(C)cc2)cc1. The van der Waals surface area contributed by atoms with Crippen LogP contribution in [-0.4, -0.2) is 31.8 Å². The van der Waals surface area contributed by atoms with Crippen LogP contribution in [0.2, 0.25) is 0 Å². The number of hydrogen-bond acceptors (Lipinski definition) is 4. The van der Waals surface area contributed by atoms with Crippen molar-refractivity contribution in [2.45, 2.75) is 32.2 Å². The van der Waals surface area contributed by atoms with Gasteiger partial charge >= 0.3 is 0 Å². The summed E-state index contributed by atoms with van der Waals surface area (Å²) in [5.74, 6) is 0.283. The van der Waals surface area contributed by atoms with Gasteiger partial charge in [-0.25, -0.2) is 8.42 Å². The van der Waals surface area contributed by atoms with Crippen LogP contribution in [0.4, 0.5) is 5.69 Å². The second kappa shape index (κ2) is 10.4. The Kier molecular flexibility index (Phi) is 7.66. The highest BCUT2D eigenvalue weighted by Crippen LogP contribution is 2.20. The lowest BCUT2D eigenvalue weighted by molar-refractivity contribution is -0.116. The first-order valence-electron chi connectivity index (χ1n) is 10.4. The summed E-state index contributed by atoms with van der Waals surface area (Å²) >= 11 is 0. The summed E-state index contributed by atoms with van der Waals surface area (Å²) in [4.78, 5) is 12.9. The molecular weight excluding hydrogens is 424 g/mol. The van der Waals surface area contributed by atoms with E-state index in [1.807, 2.05) is 45.0 Å². The summed E-state index contributed by atoms with van der Waals surface area (Å²) in [5, 5.41) is 2.77. The summed E-state index contributed by atoms with van der Waals surface area (Å²) in [6, 6.07) is 21.2. The Morgan fingerprint density at radius 1 is 0.938 bits per heavy atom. The van der Waals surface area contributed by atoms with E-state index in [1.165, 1.54) is 4.31 Å². The Bertz CT molecular complexity index is 1160. The van der Waals surface area contributed by atoms with Crippen molar-refractivity contribution in [1.29, 1.82) is 0 Å². The van der Waals surface area contributed by atoms with Gasteiger partial charge in [0.15, 0.2) is 0 Å². The Labute approximate surface area is 189 Å². The van der Waals surface area contributed by atoms with E-state index >= 15 is 0 Å². The molecule has 1 amide bonds.